The summed E-state index contributed by atoms with van der Waals surface area (Å²) < 4.78 is 35.2. The van der Waals surface area contributed by atoms with Gasteiger partial charge in [-0.15, -0.1) is 0 Å². The zero-order valence-electron chi connectivity index (χ0n) is 15.8. The Morgan fingerprint density at radius 2 is 1.73 bits per heavy atom. The minimum Gasteiger partial charge on any atom is -0.497 e. The molecular formula is C23H15FO6. The van der Waals surface area contributed by atoms with E-state index in [-0.39, 0.29) is 28.0 Å². The van der Waals surface area contributed by atoms with Crippen molar-refractivity contribution < 1.29 is 27.8 Å². The van der Waals surface area contributed by atoms with Gasteiger partial charge in [0.1, 0.15) is 34.9 Å². The summed E-state index contributed by atoms with van der Waals surface area (Å²) in [5.41, 5.74) is -0.399. The van der Waals surface area contributed by atoms with E-state index in [1.807, 2.05) is 0 Å². The van der Waals surface area contributed by atoms with Crippen molar-refractivity contribution in [2.75, 3.05) is 7.11 Å². The van der Waals surface area contributed by atoms with Crippen molar-refractivity contribution in [2.24, 2.45) is 0 Å². The molecule has 150 valence electrons. The molecule has 0 aliphatic rings. The third-order valence-corrected chi connectivity index (χ3v) is 4.29. The monoisotopic (exact) mass is 406 g/mol. The second-order valence-electron chi connectivity index (χ2n) is 6.24. The molecular weight excluding hydrogens is 391 g/mol. The SMILES string of the molecule is COc1cccc(Oc2coc3cc(OC(=O)c4ccccc4F)ccc3c2=O)c1. The molecule has 0 radical (unpaired) electrons. The van der Waals surface area contributed by atoms with Gasteiger partial charge in [0.25, 0.3) is 0 Å². The number of hydrogen-bond acceptors (Lipinski definition) is 6. The summed E-state index contributed by atoms with van der Waals surface area (Å²) in [6.07, 6.45) is 1.17. The Labute approximate surface area is 170 Å². The molecule has 0 saturated heterocycles. The highest BCUT2D eigenvalue weighted by Crippen LogP contribution is 2.26. The number of benzene rings is 3. The van der Waals surface area contributed by atoms with Crippen LogP contribution in [0.3, 0.4) is 0 Å². The predicted octanol–water partition coefficient (Wildman–Crippen LogP) is 4.95. The lowest BCUT2D eigenvalue weighted by Crippen LogP contribution is -2.11. The molecule has 1 heterocycles. The number of rotatable bonds is 5. The molecule has 0 saturated carbocycles. The predicted molar refractivity (Wildman–Crippen MR) is 107 cm³/mol. The Hall–Kier alpha value is -4.13. The van der Waals surface area contributed by atoms with Gasteiger partial charge in [0.2, 0.25) is 11.2 Å². The van der Waals surface area contributed by atoms with E-state index in [2.05, 4.69) is 0 Å². The fourth-order valence-electron chi connectivity index (χ4n) is 2.81. The molecule has 0 amide bonds. The summed E-state index contributed by atoms with van der Waals surface area (Å²) in [5.74, 6) is -0.440. The number of carbonyl (C=O) groups excluding carboxylic acids is 1. The minimum absolute atomic E-state index is 0.00754. The molecule has 1 aromatic heterocycles. The van der Waals surface area contributed by atoms with Crippen LogP contribution in [0.1, 0.15) is 10.4 Å². The molecule has 0 N–H and O–H groups in total. The Morgan fingerprint density at radius 1 is 0.933 bits per heavy atom. The van der Waals surface area contributed by atoms with E-state index in [9.17, 15) is 14.0 Å². The summed E-state index contributed by atoms with van der Waals surface area (Å²) in [7, 11) is 1.53. The fraction of sp³-hybridized carbons (Fsp3) is 0.0435. The van der Waals surface area contributed by atoms with Gasteiger partial charge in [-0.3, -0.25) is 4.79 Å². The highest BCUT2D eigenvalue weighted by molar-refractivity contribution is 5.92. The molecule has 4 rings (SSSR count). The number of methoxy groups -OCH3 is 1. The maximum Gasteiger partial charge on any atom is 0.346 e. The van der Waals surface area contributed by atoms with Crippen LogP contribution < -0.4 is 19.6 Å². The topological polar surface area (TPSA) is 75.0 Å². The number of hydrogen-bond donors (Lipinski definition) is 0. The molecule has 3 aromatic carbocycles. The van der Waals surface area contributed by atoms with Crippen molar-refractivity contribution in [3.05, 3.63) is 94.6 Å². The first-order chi connectivity index (χ1) is 14.5. The van der Waals surface area contributed by atoms with Gasteiger partial charge >= 0.3 is 5.97 Å². The van der Waals surface area contributed by atoms with Gasteiger partial charge in [-0.1, -0.05) is 18.2 Å². The number of carbonyl (C=O) groups is 1. The van der Waals surface area contributed by atoms with Crippen LogP contribution in [-0.2, 0) is 0 Å². The lowest BCUT2D eigenvalue weighted by atomic mass is 10.2. The maximum atomic E-state index is 13.7. The smallest absolute Gasteiger partial charge is 0.346 e. The first-order valence-electron chi connectivity index (χ1n) is 8.89. The van der Waals surface area contributed by atoms with Crippen LogP contribution >= 0.6 is 0 Å². The van der Waals surface area contributed by atoms with E-state index in [1.54, 1.807) is 24.3 Å². The molecule has 0 aliphatic heterocycles. The number of halogens is 1. The third-order valence-electron chi connectivity index (χ3n) is 4.29. The van der Waals surface area contributed by atoms with Crippen molar-refractivity contribution in [3.63, 3.8) is 0 Å². The van der Waals surface area contributed by atoms with Gasteiger partial charge in [-0.2, -0.15) is 0 Å². The number of esters is 1. The second kappa shape index (κ2) is 8.08. The van der Waals surface area contributed by atoms with Crippen LogP contribution in [0.25, 0.3) is 11.0 Å². The Bertz CT molecular complexity index is 1290. The van der Waals surface area contributed by atoms with E-state index in [0.29, 0.717) is 11.5 Å². The van der Waals surface area contributed by atoms with Gasteiger partial charge in [-0.05, 0) is 36.4 Å². The minimum atomic E-state index is -0.854. The van der Waals surface area contributed by atoms with Gasteiger partial charge in [0.05, 0.1) is 18.1 Å². The van der Waals surface area contributed by atoms with Crippen molar-refractivity contribution in [1.82, 2.24) is 0 Å². The molecule has 4 aromatic rings. The summed E-state index contributed by atoms with van der Waals surface area (Å²) >= 11 is 0. The second-order valence-corrected chi connectivity index (χ2v) is 6.24. The van der Waals surface area contributed by atoms with Crippen molar-refractivity contribution >= 4 is 16.9 Å². The summed E-state index contributed by atoms with van der Waals surface area (Å²) in [6.45, 7) is 0. The highest BCUT2D eigenvalue weighted by Gasteiger charge is 2.15. The molecule has 6 nitrogen and oxygen atoms in total. The number of fused-ring (bicyclic) bond motifs is 1. The van der Waals surface area contributed by atoms with Gasteiger partial charge < -0.3 is 18.6 Å². The van der Waals surface area contributed by atoms with Crippen molar-refractivity contribution in [1.29, 1.82) is 0 Å². The zero-order valence-corrected chi connectivity index (χ0v) is 15.8. The standard InChI is InChI=1S/C23H15FO6/c1-27-14-5-4-6-15(11-14)29-21-13-28-20-12-16(9-10-18(20)22(21)25)30-23(26)17-7-2-3-8-19(17)24/h2-13H,1H3. The highest BCUT2D eigenvalue weighted by atomic mass is 19.1. The molecule has 0 aliphatic carbocycles. The van der Waals surface area contributed by atoms with Crippen LogP contribution in [0.5, 0.6) is 23.0 Å². The van der Waals surface area contributed by atoms with Gasteiger partial charge in [-0.25, -0.2) is 9.18 Å². The Morgan fingerprint density at radius 3 is 2.53 bits per heavy atom. The Kier molecular flexibility index (Phi) is 5.17. The van der Waals surface area contributed by atoms with E-state index in [1.165, 1.54) is 55.8 Å². The molecule has 0 atom stereocenters. The Balaban J connectivity index is 1.60. The molecule has 0 bridgehead atoms. The summed E-state index contributed by atoms with van der Waals surface area (Å²) in [4.78, 5) is 24.9. The molecule has 7 heteroatoms. The van der Waals surface area contributed by atoms with Crippen molar-refractivity contribution in [2.45, 2.75) is 0 Å². The molecule has 0 unspecified atom stereocenters. The quantitative estimate of drug-likeness (QED) is 0.345. The average molecular weight is 406 g/mol. The molecule has 30 heavy (non-hydrogen) atoms. The maximum absolute atomic E-state index is 13.7. The van der Waals surface area contributed by atoms with E-state index in [0.717, 1.165) is 0 Å². The van der Waals surface area contributed by atoms with Crippen LogP contribution in [0.4, 0.5) is 4.39 Å². The van der Waals surface area contributed by atoms with Gasteiger partial charge in [0.15, 0.2) is 0 Å². The summed E-state index contributed by atoms with van der Waals surface area (Å²) in [6, 6.07) is 16.5. The lowest BCUT2D eigenvalue weighted by molar-refractivity contribution is 0.0730. The van der Waals surface area contributed by atoms with E-state index in [4.69, 9.17) is 18.6 Å². The fourth-order valence-corrected chi connectivity index (χ4v) is 2.81. The van der Waals surface area contributed by atoms with E-state index < -0.39 is 17.2 Å². The zero-order chi connectivity index (χ0) is 21.1. The van der Waals surface area contributed by atoms with Crippen LogP contribution in [0.15, 0.2) is 82.2 Å². The third kappa shape index (κ3) is 3.86. The van der Waals surface area contributed by atoms with Crippen LogP contribution in [-0.4, -0.2) is 13.1 Å². The largest absolute Gasteiger partial charge is 0.497 e. The van der Waals surface area contributed by atoms with Crippen LogP contribution in [0, 0.1) is 5.82 Å². The van der Waals surface area contributed by atoms with Crippen LogP contribution in [0.2, 0.25) is 0 Å². The van der Waals surface area contributed by atoms with E-state index >= 15 is 0 Å². The average Bonchev–Trinajstić information content (AvgIpc) is 2.76. The first-order valence-corrected chi connectivity index (χ1v) is 8.89. The molecule has 0 fully saturated rings. The van der Waals surface area contributed by atoms with Crippen molar-refractivity contribution in [3.8, 4) is 23.0 Å². The molecule has 0 spiro atoms. The first kappa shape index (κ1) is 19.2. The normalized spacial score (nSPS) is 10.6. The van der Waals surface area contributed by atoms with Gasteiger partial charge in [0, 0.05) is 12.1 Å². The lowest BCUT2D eigenvalue weighted by Gasteiger charge is -2.08. The number of ether oxygens (including phenoxy) is 3. The summed E-state index contributed by atoms with van der Waals surface area (Å²) in [5, 5.41) is 0.237.